The van der Waals surface area contributed by atoms with Crippen molar-refractivity contribution in [1.82, 2.24) is 10.6 Å². The maximum Gasteiger partial charge on any atom is 0.191 e. The van der Waals surface area contributed by atoms with Gasteiger partial charge in [-0.25, -0.2) is 0 Å². The van der Waals surface area contributed by atoms with Gasteiger partial charge in [0.25, 0.3) is 0 Å². The molecule has 2 rings (SSSR count). The molecule has 0 bridgehead atoms. The number of guanidine groups is 1. The van der Waals surface area contributed by atoms with E-state index in [4.69, 9.17) is 9.73 Å². The Morgan fingerprint density at radius 2 is 1.88 bits per heavy atom. The SMILES string of the molecule is CCNC(=NCCc1ccc(OCC(C)C)cc1)NC1CCC(O)CC1. The molecule has 0 heterocycles. The molecule has 5 nitrogen and oxygen atoms in total. The van der Waals surface area contributed by atoms with Gasteiger partial charge in [0.15, 0.2) is 5.96 Å². The smallest absolute Gasteiger partial charge is 0.191 e. The van der Waals surface area contributed by atoms with Crippen molar-refractivity contribution in [3.05, 3.63) is 29.8 Å². The molecule has 0 saturated heterocycles. The zero-order valence-electron chi connectivity index (χ0n) is 16.5. The average molecular weight is 362 g/mol. The van der Waals surface area contributed by atoms with Crippen LogP contribution in [0.1, 0.15) is 52.0 Å². The van der Waals surface area contributed by atoms with Gasteiger partial charge < -0.3 is 20.5 Å². The molecule has 1 aliphatic carbocycles. The maximum atomic E-state index is 9.63. The van der Waals surface area contributed by atoms with Crippen molar-refractivity contribution in [3.8, 4) is 5.75 Å². The van der Waals surface area contributed by atoms with Gasteiger partial charge in [-0.2, -0.15) is 0 Å². The molecule has 1 fully saturated rings. The molecule has 1 aliphatic rings. The Bertz CT molecular complexity index is 535. The molecule has 0 spiro atoms. The number of ether oxygens (including phenoxy) is 1. The molecule has 5 heteroatoms. The lowest BCUT2D eigenvalue weighted by atomic mass is 9.93. The summed E-state index contributed by atoms with van der Waals surface area (Å²) in [4.78, 5) is 4.70. The van der Waals surface area contributed by atoms with Gasteiger partial charge >= 0.3 is 0 Å². The molecule has 1 saturated carbocycles. The summed E-state index contributed by atoms with van der Waals surface area (Å²) in [7, 11) is 0. The number of hydrogen-bond acceptors (Lipinski definition) is 3. The van der Waals surface area contributed by atoms with Gasteiger partial charge in [0.05, 0.1) is 12.7 Å². The van der Waals surface area contributed by atoms with E-state index < -0.39 is 0 Å². The minimum absolute atomic E-state index is 0.125. The summed E-state index contributed by atoms with van der Waals surface area (Å²) < 4.78 is 5.72. The lowest BCUT2D eigenvalue weighted by Crippen LogP contribution is -2.45. The minimum atomic E-state index is -0.125. The Hall–Kier alpha value is -1.75. The van der Waals surface area contributed by atoms with E-state index in [1.54, 1.807) is 0 Å². The van der Waals surface area contributed by atoms with Gasteiger partial charge in [0.2, 0.25) is 0 Å². The van der Waals surface area contributed by atoms with Crippen molar-refractivity contribution in [2.75, 3.05) is 19.7 Å². The molecular formula is C21H35N3O2. The largest absolute Gasteiger partial charge is 0.493 e. The fraction of sp³-hybridized carbons (Fsp3) is 0.667. The number of nitrogens with one attached hydrogen (secondary N) is 2. The van der Waals surface area contributed by atoms with Crippen LogP contribution in [-0.4, -0.2) is 42.9 Å². The zero-order chi connectivity index (χ0) is 18.8. The fourth-order valence-electron chi connectivity index (χ4n) is 3.05. The van der Waals surface area contributed by atoms with Gasteiger partial charge in [-0.15, -0.1) is 0 Å². The van der Waals surface area contributed by atoms with Gasteiger partial charge in [0, 0.05) is 19.1 Å². The van der Waals surface area contributed by atoms with Crippen LogP contribution in [0.15, 0.2) is 29.3 Å². The van der Waals surface area contributed by atoms with E-state index in [1.165, 1.54) is 5.56 Å². The molecule has 146 valence electrons. The summed E-state index contributed by atoms with van der Waals surface area (Å²) in [5.74, 6) is 2.35. The Balaban J connectivity index is 1.79. The lowest BCUT2D eigenvalue weighted by molar-refractivity contribution is 0.120. The minimum Gasteiger partial charge on any atom is -0.493 e. The van der Waals surface area contributed by atoms with E-state index in [2.05, 4.69) is 43.5 Å². The maximum absolute atomic E-state index is 9.63. The second-order valence-electron chi connectivity index (χ2n) is 7.51. The molecule has 0 amide bonds. The van der Waals surface area contributed by atoms with E-state index in [9.17, 15) is 5.11 Å². The number of aliphatic imine (C=N–C) groups is 1. The summed E-state index contributed by atoms with van der Waals surface area (Å²) in [6, 6.07) is 8.73. The Morgan fingerprint density at radius 3 is 2.50 bits per heavy atom. The van der Waals surface area contributed by atoms with Crippen LogP contribution in [0.5, 0.6) is 5.75 Å². The molecular weight excluding hydrogens is 326 g/mol. The van der Waals surface area contributed by atoms with Crippen molar-refractivity contribution in [2.45, 2.75) is 65.0 Å². The summed E-state index contributed by atoms with van der Waals surface area (Å²) in [5, 5.41) is 16.5. The number of aliphatic hydroxyl groups excluding tert-OH is 1. The summed E-state index contributed by atoms with van der Waals surface area (Å²) in [6.07, 6.45) is 4.54. The van der Waals surface area contributed by atoms with Gasteiger partial charge in [-0.05, 0) is 62.6 Å². The number of aliphatic hydroxyl groups is 1. The van der Waals surface area contributed by atoms with Crippen LogP contribution in [0.2, 0.25) is 0 Å². The molecule has 1 aromatic rings. The van der Waals surface area contributed by atoms with Crippen LogP contribution in [0.4, 0.5) is 0 Å². The van der Waals surface area contributed by atoms with E-state index >= 15 is 0 Å². The monoisotopic (exact) mass is 361 g/mol. The highest BCUT2D eigenvalue weighted by molar-refractivity contribution is 5.80. The van der Waals surface area contributed by atoms with Crippen LogP contribution in [0.25, 0.3) is 0 Å². The second kappa shape index (κ2) is 11.1. The second-order valence-corrected chi connectivity index (χ2v) is 7.51. The quantitative estimate of drug-likeness (QED) is 0.492. The zero-order valence-corrected chi connectivity index (χ0v) is 16.5. The van der Waals surface area contributed by atoms with Crippen LogP contribution in [-0.2, 0) is 6.42 Å². The van der Waals surface area contributed by atoms with Crippen LogP contribution in [0.3, 0.4) is 0 Å². The van der Waals surface area contributed by atoms with Gasteiger partial charge in [0.1, 0.15) is 5.75 Å². The Labute approximate surface area is 158 Å². The first kappa shape index (κ1) is 20.6. The van der Waals surface area contributed by atoms with E-state index in [-0.39, 0.29) is 6.10 Å². The highest BCUT2D eigenvalue weighted by atomic mass is 16.5. The number of benzene rings is 1. The first-order valence-electron chi connectivity index (χ1n) is 10.0. The third kappa shape index (κ3) is 7.65. The summed E-state index contributed by atoms with van der Waals surface area (Å²) in [5.41, 5.74) is 1.27. The lowest BCUT2D eigenvalue weighted by Gasteiger charge is -2.27. The van der Waals surface area contributed by atoms with Crippen molar-refractivity contribution < 1.29 is 9.84 Å². The Kier molecular flexibility index (Phi) is 8.75. The van der Waals surface area contributed by atoms with Crippen LogP contribution in [0, 0.1) is 5.92 Å². The number of rotatable bonds is 8. The first-order valence-corrected chi connectivity index (χ1v) is 10.0. The molecule has 0 radical (unpaired) electrons. The topological polar surface area (TPSA) is 65.9 Å². The molecule has 0 aromatic heterocycles. The summed E-state index contributed by atoms with van der Waals surface area (Å²) >= 11 is 0. The molecule has 3 N–H and O–H groups in total. The van der Waals surface area contributed by atoms with Crippen molar-refractivity contribution >= 4 is 5.96 Å². The standard InChI is InChI=1S/C21H35N3O2/c1-4-22-21(24-18-7-9-19(25)10-8-18)23-14-13-17-5-11-20(12-6-17)26-15-16(2)3/h5-6,11-12,16,18-19,25H,4,7-10,13-15H2,1-3H3,(H2,22,23,24). The number of nitrogens with zero attached hydrogens (tertiary/aromatic N) is 1. The normalized spacial score (nSPS) is 20.9. The van der Waals surface area contributed by atoms with Gasteiger partial charge in [-0.3, -0.25) is 4.99 Å². The van der Waals surface area contributed by atoms with Crippen molar-refractivity contribution in [2.24, 2.45) is 10.9 Å². The molecule has 0 aliphatic heterocycles. The molecule has 26 heavy (non-hydrogen) atoms. The molecule has 0 atom stereocenters. The predicted molar refractivity (Wildman–Crippen MR) is 108 cm³/mol. The van der Waals surface area contributed by atoms with Crippen molar-refractivity contribution in [1.29, 1.82) is 0 Å². The first-order chi connectivity index (χ1) is 12.6. The van der Waals surface area contributed by atoms with Crippen LogP contribution < -0.4 is 15.4 Å². The molecule has 0 unspecified atom stereocenters. The fourth-order valence-corrected chi connectivity index (χ4v) is 3.05. The predicted octanol–water partition coefficient (Wildman–Crippen LogP) is 3.12. The highest BCUT2D eigenvalue weighted by Crippen LogP contribution is 2.18. The van der Waals surface area contributed by atoms with Crippen LogP contribution >= 0.6 is 0 Å². The van der Waals surface area contributed by atoms with Crippen molar-refractivity contribution in [3.63, 3.8) is 0 Å². The molecule has 1 aromatic carbocycles. The third-order valence-corrected chi connectivity index (χ3v) is 4.56. The van der Waals surface area contributed by atoms with E-state index in [1.807, 2.05) is 12.1 Å². The van der Waals surface area contributed by atoms with Gasteiger partial charge in [-0.1, -0.05) is 26.0 Å². The summed E-state index contributed by atoms with van der Waals surface area (Å²) in [6.45, 7) is 8.73. The number of hydrogen-bond donors (Lipinski definition) is 3. The highest BCUT2D eigenvalue weighted by Gasteiger charge is 2.19. The van der Waals surface area contributed by atoms with E-state index in [0.717, 1.165) is 63.5 Å². The average Bonchev–Trinajstić information content (AvgIpc) is 2.63. The third-order valence-electron chi connectivity index (χ3n) is 4.56. The van der Waals surface area contributed by atoms with E-state index in [0.29, 0.717) is 12.0 Å². The Morgan fingerprint density at radius 1 is 1.19 bits per heavy atom.